The summed E-state index contributed by atoms with van der Waals surface area (Å²) < 4.78 is 11.1. The summed E-state index contributed by atoms with van der Waals surface area (Å²) in [6.45, 7) is 12.3. The lowest BCUT2D eigenvalue weighted by atomic mass is 10.1. The molecule has 5 heteroatoms. The van der Waals surface area contributed by atoms with E-state index in [1.54, 1.807) is 6.07 Å². The molecule has 1 N–H and O–H groups in total. The van der Waals surface area contributed by atoms with E-state index < -0.39 is 0 Å². The molecule has 0 aromatic carbocycles. The van der Waals surface area contributed by atoms with E-state index >= 15 is 0 Å². The van der Waals surface area contributed by atoms with Crippen molar-refractivity contribution in [1.29, 1.82) is 0 Å². The van der Waals surface area contributed by atoms with Crippen LogP contribution in [0.1, 0.15) is 35.7 Å². The number of furan rings is 1. The molecule has 1 unspecified atom stereocenters. The molecular formula is C16H26N2O3. The van der Waals surface area contributed by atoms with E-state index in [-0.39, 0.29) is 12.0 Å². The molecule has 21 heavy (non-hydrogen) atoms. The van der Waals surface area contributed by atoms with Crippen molar-refractivity contribution in [2.75, 3.05) is 32.8 Å². The molecule has 0 bridgehead atoms. The standard InChI is InChI=1S/C16H26N2O3/c1-11(2)9-18-5-6-20-14(10-18)8-17-16(19)15-7-12(3)21-13(15)4/h7,11,14H,5-6,8-10H2,1-4H3,(H,17,19). The number of hydrogen-bond acceptors (Lipinski definition) is 4. The number of morpholine rings is 1. The van der Waals surface area contributed by atoms with Crippen molar-refractivity contribution in [2.45, 2.75) is 33.8 Å². The van der Waals surface area contributed by atoms with Gasteiger partial charge in [0, 0.05) is 26.2 Å². The van der Waals surface area contributed by atoms with E-state index in [1.807, 2.05) is 13.8 Å². The highest BCUT2D eigenvalue weighted by Crippen LogP contribution is 2.13. The second-order valence-corrected chi connectivity index (χ2v) is 6.18. The molecule has 1 fully saturated rings. The summed E-state index contributed by atoms with van der Waals surface area (Å²) in [6, 6.07) is 1.78. The Labute approximate surface area is 126 Å². The number of carbonyl (C=O) groups excluding carboxylic acids is 1. The van der Waals surface area contributed by atoms with Gasteiger partial charge >= 0.3 is 0 Å². The Hall–Kier alpha value is -1.33. The van der Waals surface area contributed by atoms with Gasteiger partial charge in [-0.1, -0.05) is 13.8 Å². The fourth-order valence-corrected chi connectivity index (χ4v) is 2.74. The van der Waals surface area contributed by atoms with Crippen molar-refractivity contribution in [3.8, 4) is 0 Å². The van der Waals surface area contributed by atoms with Gasteiger partial charge in [-0.25, -0.2) is 0 Å². The maximum absolute atomic E-state index is 12.1. The highest BCUT2D eigenvalue weighted by molar-refractivity contribution is 5.95. The molecule has 1 amide bonds. The largest absolute Gasteiger partial charge is 0.466 e. The quantitative estimate of drug-likeness (QED) is 0.902. The fourth-order valence-electron chi connectivity index (χ4n) is 2.74. The van der Waals surface area contributed by atoms with E-state index in [0.29, 0.717) is 23.8 Å². The Kier molecular flexibility index (Phi) is 5.42. The van der Waals surface area contributed by atoms with Gasteiger partial charge in [0.05, 0.1) is 18.3 Å². The molecule has 1 aliphatic rings. The van der Waals surface area contributed by atoms with Crippen LogP contribution >= 0.6 is 0 Å². The maximum atomic E-state index is 12.1. The third-order valence-corrected chi connectivity index (χ3v) is 3.62. The van der Waals surface area contributed by atoms with Crippen LogP contribution < -0.4 is 5.32 Å². The summed E-state index contributed by atoms with van der Waals surface area (Å²) in [4.78, 5) is 14.5. The van der Waals surface area contributed by atoms with Crippen molar-refractivity contribution >= 4 is 5.91 Å². The SMILES string of the molecule is Cc1cc(C(=O)NCC2CN(CC(C)C)CCO2)c(C)o1. The van der Waals surface area contributed by atoms with Crippen LogP contribution in [0.25, 0.3) is 0 Å². The van der Waals surface area contributed by atoms with Crippen LogP contribution in [0.3, 0.4) is 0 Å². The number of rotatable bonds is 5. The number of amides is 1. The summed E-state index contributed by atoms with van der Waals surface area (Å²) >= 11 is 0. The number of carbonyl (C=O) groups is 1. The average molecular weight is 294 g/mol. The summed E-state index contributed by atoms with van der Waals surface area (Å²) in [5, 5.41) is 2.95. The smallest absolute Gasteiger partial charge is 0.254 e. The Balaban J connectivity index is 1.82. The van der Waals surface area contributed by atoms with E-state index in [2.05, 4.69) is 24.1 Å². The first-order valence-corrected chi connectivity index (χ1v) is 7.65. The second-order valence-electron chi connectivity index (χ2n) is 6.18. The summed E-state index contributed by atoms with van der Waals surface area (Å²) in [6.07, 6.45) is 0.0646. The van der Waals surface area contributed by atoms with Gasteiger partial charge in [0.25, 0.3) is 5.91 Å². The van der Waals surface area contributed by atoms with Gasteiger partial charge in [0.1, 0.15) is 11.5 Å². The Morgan fingerprint density at radius 2 is 2.24 bits per heavy atom. The third-order valence-electron chi connectivity index (χ3n) is 3.62. The number of nitrogens with zero attached hydrogens (tertiary/aromatic N) is 1. The maximum Gasteiger partial charge on any atom is 0.254 e. The van der Waals surface area contributed by atoms with Gasteiger partial charge in [-0.2, -0.15) is 0 Å². The number of nitrogens with one attached hydrogen (secondary N) is 1. The minimum Gasteiger partial charge on any atom is -0.466 e. The molecule has 118 valence electrons. The predicted octanol–water partition coefficient (Wildman–Crippen LogP) is 1.98. The number of aryl methyl sites for hydroxylation is 2. The summed E-state index contributed by atoms with van der Waals surface area (Å²) in [7, 11) is 0. The summed E-state index contributed by atoms with van der Waals surface area (Å²) in [5.74, 6) is 1.98. The fraction of sp³-hybridized carbons (Fsp3) is 0.688. The van der Waals surface area contributed by atoms with E-state index in [1.165, 1.54) is 0 Å². The molecule has 1 aromatic rings. The van der Waals surface area contributed by atoms with Gasteiger partial charge in [-0.3, -0.25) is 9.69 Å². The zero-order valence-electron chi connectivity index (χ0n) is 13.4. The zero-order chi connectivity index (χ0) is 15.4. The van der Waals surface area contributed by atoms with E-state index in [9.17, 15) is 4.79 Å². The number of hydrogen-bond donors (Lipinski definition) is 1. The van der Waals surface area contributed by atoms with Gasteiger partial charge in [0.15, 0.2) is 0 Å². The van der Waals surface area contributed by atoms with E-state index in [4.69, 9.17) is 9.15 Å². The lowest BCUT2D eigenvalue weighted by Crippen LogP contribution is -2.48. The molecule has 1 aliphatic heterocycles. The normalized spacial score (nSPS) is 20.0. The second kappa shape index (κ2) is 7.09. The van der Waals surface area contributed by atoms with Gasteiger partial charge < -0.3 is 14.5 Å². The molecule has 0 spiro atoms. The van der Waals surface area contributed by atoms with Crippen LogP contribution in [-0.4, -0.2) is 49.7 Å². The van der Waals surface area contributed by atoms with Crippen LogP contribution in [0.5, 0.6) is 0 Å². The molecule has 5 nitrogen and oxygen atoms in total. The lowest BCUT2D eigenvalue weighted by Gasteiger charge is -2.33. The monoisotopic (exact) mass is 294 g/mol. The highest BCUT2D eigenvalue weighted by Gasteiger charge is 2.22. The first-order valence-electron chi connectivity index (χ1n) is 7.65. The van der Waals surface area contributed by atoms with Crippen molar-refractivity contribution in [2.24, 2.45) is 5.92 Å². The predicted molar refractivity (Wildman–Crippen MR) is 81.5 cm³/mol. The summed E-state index contributed by atoms with van der Waals surface area (Å²) in [5.41, 5.74) is 0.613. The zero-order valence-corrected chi connectivity index (χ0v) is 13.4. The van der Waals surface area contributed by atoms with Crippen LogP contribution in [-0.2, 0) is 4.74 Å². The van der Waals surface area contributed by atoms with Gasteiger partial charge in [-0.05, 0) is 25.8 Å². The van der Waals surface area contributed by atoms with Crippen LogP contribution in [0.15, 0.2) is 10.5 Å². The van der Waals surface area contributed by atoms with Crippen LogP contribution in [0.2, 0.25) is 0 Å². The highest BCUT2D eigenvalue weighted by atomic mass is 16.5. The van der Waals surface area contributed by atoms with Gasteiger partial charge in [0.2, 0.25) is 0 Å². The average Bonchev–Trinajstić information content (AvgIpc) is 2.75. The minimum atomic E-state index is -0.0890. The number of ether oxygens (including phenoxy) is 1. The van der Waals surface area contributed by atoms with E-state index in [0.717, 1.165) is 32.0 Å². The molecular weight excluding hydrogens is 268 g/mol. The van der Waals surface area contributed by atoms with Crippen LogP contribution in [0, 0.1) is 19.8 Å². The molecule has 2 heterocycles. The lowest BCUT2D eigenvalue weighted by molar-refractivity contribution is -0.0295. The molecule has 1 saturated heterocycles. The van der Waals surface area contributed by atoms with Crippen molar-refractivity contribution < 1.29 is 13.9 Å². The Bertz CT molecular complexity index is 482. The van der Waals surface area contributed by atoms with Crippen molar-refractivity contribution in [3.63, 3.8) is 0 Å². The third kappa shape index (κ3) is 4.58. The molecule has 0 radical (unpaired) electrons. The van der Waals surface area contributed by atoms with Crippen molar-refractivity contribution in [1.82, 2.24) is 10.2 Å². The molecule has 0 aliphatic carbocycles. The van der Waals surface area contributed by atoms with Crippen LogP contribution in [0.4, 0.5) is 0 Å². The van der Waals surface area contributed by atoms with Crippen molar-refractivity contribution in [3.05, 3.63) is 23.2 Å². The first kappa shape index (κ1) is 16.0. The Morgan fingerprint density at radius 1 is 1.48 bits per heavy atom. The first-order chi connectivity index (χ1) is 9.95. The van der Waals surface area contributed by atoms with Gasteiger partial charge in [-0.15, -0.1) is 0 Å². The minimum absolute atomic E-state index is 0.0646. The molecule has 1 atom stereocenters. The molecule has 2 rings (SSSR count). The Morgan fingerprint density at radius 3 is 2.86 bits per heavy atom. The molecule has 1 aromatic heterocycles. The topological polar surface area (TPSA) is 54.7 Å². The molecule has 0 saturated carbocycles.